The molecule has 1 atom stereocenters. The number of hydrogen-bond acceptors (Lipinski definition) is 2. The lowest BCUT2D eigenvalue weighted by atomic mass is 10.1. The Morgan fingerprint density at radius 2 is 1.80 bits per heavy atom. The fourth-order valence-corrected chi connectivity index (χ4v) is 4.42. The van der Waals surface area contributed by atoms with E-state index in [9.17, 15) is 0 Å². The van der Waals surface area contributed by atoms with E-state index < -0.39 is 0 Å². The van der Waals surface area contributed by atoms with Gasteiger partial charge in [0, 0.05) is 17.1 Å². The van der Waals surface area contributed by atoms with Crippen molar-refractivity contribution < 1.29 is 4.74 Å². The molecule has 114 valence electrons. The van der Waals surface area contributed by atoms with E-state index in [1.165, 1.54) is 25.7 Å². The number of rotatable bonds is 9. The molecule has 0 heterocycles. The molecule has 1 aromatic rings. The average Bonchev–Trinajstić information content (AvgIpc) is 2.37. The first-order valence-electron chi connectivity index (χ1n) is 7.05. The van der Waals surface area contributed by atoms with Crippen molar-refractivity contribution in [2.45, 2.75) is 45.6 Å². The summed E-state index contributed by atoms with van der Waals surface area (Å²) in [7, 11) is 0. The summed E-state index contributed by atoms with van der Waals surface area (Å²) in [6, 6.07) is 4.53. The zero-order valence-electron chi connectivity index (χ0n) is 12.0. The molecule has 0 bridgehead atoms. The zero-order chi connectivity index (χ0) is 15.0. The van der Waals surface area contributed by atoms with Gasteiger partial charge in [-0.1, -0.05) is 42.1 Å². The smallest absolute Gasteiger partial charge is 0.147 e. The molecule has 0 saturated carbocycles. The number of nitrogens with one attached hydrogen (secondary N) is 1. The fourth-order valence-electron chi connectivity index (χ4n) is 1.93. The van der Waals surface area contributed by atoms with Crippen LogP contribution >= 0.6 is 47.8 Å². The Hall–Kier alpha value is 0.420. The molecule has 0 aliphatic rings. The summed E-state index contributed by atoms with van der Waals surface area (Å²) in [6.07, 6.45) is 5.14. The third kappa shape index (κ3) is 6.92. The van der Waals surface area contributed by atoms with Gasteiger partial charge in [0.25, 0.3) is 0 Å². The Bertz CT molecular complexity index is 389. The second-order valence-electron chi connectivity index (χ2n) is 4.90. The summed E-state index contributed by atoms with van der Waals surface area (Å²) in [5.41, 5.74) is 0. The molecule has 0 spiro atoms. The Morgan fingerprint density at radius 3 is 2.40 bits per heavy atom. The van der Waals surface area contributed by atoms with Crippen molar-refractivity contribution in [3.05, 3.63) is 25.6 Å². The maximum absolute atomic E-state index is 5.82. The molecule has 1 rings (SSSR count). The van der Waals surface area contributed by atoms with Gasteiger partial charge in [0.1, 0.15) is 12.4 Å². The van der Waals surface area contributed by atoms with Gasteiger partial charge in [0.05, 0.1) is 8.95 Å². The molecule has 0 aromatic heterocycles. The fraction of sp³-hybridized carbons (Fsp3) is 0.600. The molecule has 0 fully saturated rings. The highest BCUT2D eigenvalue weighted by atomic mass is 79.9. The molecule has 0 aliphatic heterocycles. The lowest BCUT2D eigenvalue weighted by Gasteiger charge is -2.15. The second kappa shape index (κ2) is 10.2. The van der Waals surface area contributed by atoms with Crippen LogP contribution in [0.3, 0.4) is 0 Å². The van der Waals surface area contributed by atoms with Gasteiger partial charge >= 0.3 is 0 Å². The topological polar surface area (TPSA) is 21.3 Å². The van der Waals surface area contributed by atoms with Crippen molar-refractivity contribution in [3.63, 3.8) is 0 Å². The largest absolute Gasteiger partial charge is 0.490 e. The lowest BCUT2D eigenvalue weighted by Crippen LogP contribution is -2.30. The molecule has 20 heavy (non-hydrogen) atoms. The minimum Gasteiger partial charge on any atom is -0.490 e. The molecule has 1 unspecified atom stereocenters. The first kappa shape index (κ1) is 18.5. The van der Waals surface area contributed by atoms with Crippen molar-refractivity contribution in [3.8, 4) is 5.75 Å². The van der Waals surface area contributed by atoms with E-state index in [1.54, 1.807) is 0 Å². The van der Waals surface area contributed by atoms with E-state index in [-0.39, 0.29) is 0 Å². The molecule has 1 N–H and O–H groups in total. The van der Waals surface area contributed by atoms with Gasteiger partial charge in [-0.05, 0) is 57.3 Å². The lowest BCUT2D eigenvalue weighted by molar-refractivity contribution is 0.301. The molecule has 2 nitrogen and oxygen atoms in total. The third-order valence-corrected chi connectivity index (χ3v) is 4.68. The highest BCUT2D eigenvalue weighted by Gasteiger charge is 2.08. The normalized spacial score (nSPS) is 12.4. The van der Waals surface area contributed by atoms with E-state index in [4.69, 9.17) is 4.74 Å². The van der Waals surface area contributed by atoms with Gasteiger partial charge in [0.15, 0.2) is 0 Å². The van der Waals surface area contributed by atoms with Crippen LogP contribution in [0.2, 0.25) is 0 Å². The molecule has 1 aromatic carbocycles. The van der Waals surface area contributed by atoms with Crippen LogP contribution in [0.4, 0.5) is 0 Å². The quantitative estimate of drug-likeness (QED) is 0.452. The Morgan fingerprint density at radius 1 is 1.15 bits per heavy atom. The highest BCUT2D eigenvalue weighted by Crippen LogP contribution is 2.36. The third-order valence-electron chi connectivity index (χ3n) is 3.05. The van der Waals surface area contributed by atoms with Crippen LogP contribution in [0.15, 0.2) is 25.6 Å². The SMILES string of the molecule is CCCCCC(C)NCCOc1c(Br)cc(Br)cc1Br. The molecule has 0 radical (unpaired) electrons. The number of halogens is 3. The van der Waals surface area contributed by atoms with Crippen LogP contribution in [0.5, 0.6) is 5.75 Å². The van der Waals surface area contributed by atoms with Crippen molar-refractivity contribution in [1.82, 2.24) is 5.32 Å². The maximum Gasteiger partial charge on any atom is 0.147 e. The van der Waals surface area contributed by atoms with Crippen LogP contribution in [0.25, 0.3) is 0 Å². The average molecular weight is 472 g/mol. The highest BCUT2D eigenvalue weighted by molar-refractivity contribution is 9.11. The number of unbranched alkanes of at least 4 members (excludes halogenated alkanes) is 2. The van der Waals surface area contributed by atoms with Crippen LogP contribution in [0.1, 0.15) is 39.5 Å². The minimum atomic E-state index is 0.557. The van der Waals surface area contributed by atoms with E-state index in [2.05, 4.69) is 67.0 Å². The molecule has 0 saturated heterocycles. The molecule has 0 aliphatic carbocycles. The molecule has 5 heteroatoms. The van der Waals surface area contributed by atoms with Crippen molar-refractivity contribution in [2.24, 2.45) is 0 Å². The van der Waals surface area contributed by atoms with E-state index in [0.29, 0.717) is 12.6 Å². The van der Waals surface area contributed by atoms with Crippen LogP contribution in [0, 0.1) is 0 Å². The Kier molecular flexibility index (Phi) is 9.42. The summed E-state index contributed by atoms with van der Waals surface area (Å²) >= 11 is 10.5. The van der Waals surface area contributed by atoms with Gasteiger partial charge in [0.2, 0.25) is 0 Å². The standard InChI is InChI=1S/C15H22Br3NO/c1-3-4-5-6-11(2)19-7-8-20-15-13(17)9-12(16)10-14(15)18/h9-11,19H,3-8H2,1-2H3. The van der Waals surface area contributed by atoms with Crippen LogP contribution in [-0.2, 0) is 0 Å². The van der Waals surface area contributed by atoms with E-state index in [1.807, 2.05) is 12.1 Å². The van der Waals surface area contributed by atoms with Gasteiger partial charge in [-0.3, -0.25) is 0 Å². The van der Waals surface area contributed by atoms with Gasteiger partial charge < -0.3 is 10.1 Å². The first-order valence-corrected chi connectivity index (χ1v) is 9.43. The van der Waals surface area contributed by atoms with E-state index >= 15 is 0 Å². The summed E-state index contributed by atoms with van der Waals surface area (Å²) in [5.74, 6) is 0.855. The van der Waals surface area contributed by atoms with E-state index in [0.717, 1.165) is 25.7 Å². The monoisotopic (exact) mass is 469 g/mol. The Labute approximate surface area is 147 Å². The summed E-state index contributed by atoms with van der Waals surface area (Å²) in [6.45, 7) is 6.00. The van der Waals surface area contributed by atoms with Crippen LogP contribution in [-0.4, -0.2) is 19.2 Å². The Balaban J connectivity index is 2.28. The maximum atomic E-state index is 5.82. The number of ether oxygens (including phenoxy) is 1. The predicted molar refractivity (Wildman–Crippen MR) is 96.6 cm³/mol. The van der Waals surface area contributed by atoms with Crippen LogP contribution < -0.4 is 10.1 Å². The number of benzene rings is 1. The zero-order valence-corrected chi connectivity index (χ0v) is 16.8. The summed E-state index contributed by atoms with van der Waals surface area (Å²) in [4.78, 5) is 0. The molecular formula is C15H22Br3NO. The van der Waals surface area contributed by atoms with Crippen molar-refractivity contribution >= 4 is 47.8 Å². The van der Waals surface area contributed by atoms with Gasteiger partial charge in [-0.25, -0.2) is 0 Å². The van der Waals surface area contributed by atoms with Crippen molar-refractivity contribution in [2.75, 3.05) is 13.2 Å². The first-order chi connectivity index (χ1) is 9.54. The van der Waals surface area contributed by atoms with Crippen molar-refractivity contribution in [1.29, 1.82) is 0 Å². The number of hydrogen-bond donors (Lipinski definition) is 1. The molecule has 0 amide bonds. The summed E-state index contributed by atoms with van der Waals surface area (Å²) in [5, 5.41) is 3.50. The summed E-state index contributed by atoms with van der Waals surface area (Å²) < 4.78 is 8.75. The second-order valence-corrected chi connectivity index (χ2v) is 7.52. The predicted octanol–water partition coefficient (Wildman–Crippen LogP) is 5.91. The minimum absolute atomic E-state index is 0.557. The molecular weight excluding hydrogens is 450 g/mol. The van der Waals surface area contributed by atoms with Gasteiger partial charge in [-0.15, -0.1) is 0 Å². The van der Waals surface area contributed by atoms with Gasteiger partial charge in [-0.2, -0.15) is 0 Å².